The van der Waals surface area contributed by atoms with E-state index >= 15 is 0 Å². The van der Waals surface area contributed by atoms with Crippen molar-refractivity contribution in [2.45, 2.75) is 37.3 Å². The molecule has 1 aromatic heterocycles. The van der Waals surface area contributed by atoms with Crippen LogP contribution in [0.4, 0.5) is 0 Å². The Bertz CT molecular complexity index is 553. The standard InChI is InChI=1S/C17H26N4OS/c1-3-12-10-19-20-15(12)13-6-5-9-21(11-13)17(22)14-7-4-8-18-16(14)23-2/h4,7-8,12-13,15,19-20H,3,5-6,9-11H2,1-2H3. The third kappa shape index (κ3) is 3.54. The summed E-state index contributed by atoms with van der Waals surface area (Å²) in [5, 5.41) is 0.826. The van der Waals surface area contributed by atoms with E-state index in [0.29, 0.717) is 17.9 Å². The van der Waals surface area contributed by atoms with Crippen molar-refractivity contribution in [3.8, 4) is 0 Å². The molecule has 2 N–H and O–H groups in total. The number of rotatable bonds is 4. The lowest BCUT2D eigenvalue weighted by Crippen LogP contribution is -2.48. The Morgan fingerprint density at radius 2 is 2.39 bits per heavy atom. The number of nitrogens with one attached hydrogen (secondary N) is 2. The zero-order valence-electron chi connectivity index (χ0n) is 13.9. The van der Waals surface area contributed by atoms with E-state index in [4.69, 9.17) is 0 Å². The summed E-state index contributed by atoms with van der Waals surface area (Å²) in [7, 11) is 0. The molecule has 2 fully saturated rings. The topological polar surface area (TPSA) is 57.3 Å². The van der Waals surface area contributed by atoms with E-state index in [0.717, 1.165) is 36.6 Å². The van der Waals surface area contributed by atoms with Gasteiger partial charge < -0.3 is 4.90 Å². The van der Waals surface area contributed by atoms with Gasteiger partial charge in [-0.05, 0) is 43.1 Å². The fourth-order valence-corrected chi connectivity index (χ4v) is 4.37. The molecule has 0 aliphatic carbocycles. The normalized spacial score (nSPS) is 28.1. The Labute approximate surface area is 142 Å². The molecule has 0 saturated carbocycles. The van der Waals surface area contributed by atoms with Crippen LogP contribution < -0.4 is 10.9 Å². The molecule has 3 unspecified atom stereocenters. The van der Waals surface area contributed by atoms with E-state index in [-0.39, 0.29) is 5.91 Å². The second-order valence-electron chi connectivity index (χ2n) is 6.43. The maximum atomic E-state index is 12.9. The van der Waals surface area contributed by atoms with Crippen molar-refractivity contribution in [1.82, 2.24) is 20.7 Å². The van der Waals surface area contributed by atoms with Gasteiger partial charge in [0.2, 0.25) is 0 Å². The zero-order chi connectivity index (χ0) is 16.2. The molecule has 1 amide bonds. The summed E-state index contributed by atoms with van der Waals surface area (Å²) in [5.74, 6) is 1.32. The predicted octanol–water partition coefficient (Wildman–Crippen LogP) is 2.16. The van der Waals surface area contributed by atoms with Gasteiger partial charge in [-0.15, -0.1) is 11.8 Å². The summed E-state index contributed by atoms with van der Waals surface area (Å²) in [6, 6.07) is 4.23. The second-order valence-corrected chi connectivity index (χ2v) is 7.23. The summed E-state index contributed by atoms with van der Waals surface area (Å²) in [6.07, 6.45) is 7.18. The number of hydrazine groups is 1. The van der Waals surface area contributed by atoms with Crippen molar-refractivity contribution < 1.29 is 4.79 Å². The summed E-state index contributed by atoms with van der Waals surface area (Å²) >= 11 is 1.54. The van der Waals surface area contributed by atoms with Gasteiger partial charge >= 0.3 is 0 Å². The molecule has 2 saturated heterocycles. The number of aromatic nitrogens is 1. The molecular formula is C17H26N4OS. The molecule has 2 aliphatic heterocycles. The fraction of sp³-hybridized carbons (Fsp3) is 0.647. The predicted molar refractivity (Wildman–Crippen MR) is 93.4 cm³/mol. The van der Waals surface area contributed by atoms with Crippen LogP contribution in [0.3, 0.4) is 0 Å². The fourth-order valence-electron chi connectivity index (χ4n) is 3.83. The molecule has 126 valence electrons. The van der Waals surface area contributed by atoms with Crippen LogP contribution in [0.15, 0.2) is 23.4 Å². The van der Waals surface area contributed by atoms with E-state index in [1.807, 2.05) is 23.3 Å². The average Bonchev–Trinajstić information content (AvgIpc) is 3.10. The molecule has 0 aromatic carbocycles. The monoisotopic (exact) mass is 334 g/mol. The molecular weight excluding hydrogens is 308 g/mol. The highest BCUT2D eigenvalue weighted by Gasteiger charge is 2.36. The first-order chi connectivity index (χ1) is 11.2. The van der Waals surface area contributed by atoms with Gasteiger partial charge in [0.05, 0.1) is 5.56 Å². The molecule has 3 atom stereocenters. The van der Waals surface area contributed by atoms with Crippen molar-refractivity contribution in [3.63, 3.8) is 0 Å². The largest absolute Gasteiger partial charge is 0.338 e. The summed E-state index contributed by atoms with van der Waals surface area (Å²) in [5.41, 5.74) is 7.48. The molecule has 2 aliphatic rings. The van der Waals surface area contributed by atoms with E-state index in [1.54, 1.807) is 6.20 Å². The number of pyridine rings is 1. The van der Waals surface area contributed by atoms with Crippen molar-refractivity contribution in [2.24, 2.45) is 11.8 Å². The molecule has 1 aromatic rings. The minimum Gasteiger partial charge on any atom is -0.338 e. The number of amides is 1. The van der Waals surface area contributed by atoms with E-state index in [9.17, 15) is 4.79 Å². The Kier molecular flexibility index (Phi) is 5.56. The Balaban J connectivity index is 1.72. The molecule has 0 spiro atoms. The van der Waals surface area contributed by atoms with Crippen LogP contribution in [-0.4, -0.2) is 47.7 Å². The maximum absolute atomic E-state index is 12.9. The lowest BCUT2D eigenvalue weighted by molar-refractivity contribution is 0.0630. The Morgan fingerprint density at radius 1 is 1.52 bits per heavy atom. The highest BCUT2D eigenvalue weighted by atomic mass is 32.2. The van der Waals surface area contributed by atoms with Crippen molar-refractivity contribution >= 4 is 17.7 Å². The second kappa shape index (κ2) is 7.64. The summed E-state index contributed by atoms with van der Waals surface area (Å²) < 4.78 is 0. The number of likely N-dealkylation sites (tertiary alicyclic amines) is 1. The first kappa shape index (κ1) is 16.7. The first-order valence-corrected chi connectivity index (χ1v) is 9.73. The molecule has 3 rings (SSSR count). The van der Waals surface area contributed by atoms with Gasteiger partial charge in [0.1, 0.15) is 5.03 Å². The van der Waals surface area contributed by atoms with Gasteiger partial charge in [-0.1, -0.05) is 13.3 Å². The van der Waals surface area contributed by atoms with E-state index < -0.39 is 0 Å². The van der Waals surface area contributed by atoms with E-state index in [1.165, 1.54) is 24.6 Å². The van der Waals surface area contributed by atoms with Crippen molar-refractivity contribution in [1.29, 1.82) is 0 Å². The smallest absolute Gasteiger partial charge is 0.256 e. The number of hydrogen-bond donors (Lipinski definition) is 2. The number of carbonyl (C=O) groups is 1. The highest BCUT2D eigenvalue weighted by Crippen LogP contribution is 2.28. The van der Waals surface area contributed by atoms with Crippen LogP contribution in [0, 0.1) is 11.8 Å². The number of carbonyl (C=O) groups excluding carboxylic acids is 1. The minimum atomic E-state index is 0.131. The Morgan fingerprint density at radius 3 is 3.17 bits per heavy atom. The third-order valence-electron chi connectivity index (χ3n) is 5.11. The molecule has 3 heterocycles. The zero-order valence-corrected chi connectivity index (χ0v) is 14.7. The van der Waals surface area contributed by atoms with Crippen LogP contribution in [-0.2, 0) is 0 Å². The lowest BCUT2D eigenvalue weighted by atomic mass is 9.83. The van der Waals surface area contributed by atoms with Gasteiger partial charge in [-0.25, -0.2) is 4.98 Å². The van der Waals surface area contributed by atoms with Gasteiger partial charge in [0.15, 0.2) is 0 Å². The third-order valence-corrected chi connectivity index (χ3v) is 5.83. The van der Waals surface area contributed by atoms with Crippen molar-refractivity contribution in [3.05, 3.63) is 23.9 Å². The van der Waals surface area contributed by atoms with Crippen LogP contribution in [0.5, 0.6) is 0 Å². The number of hydrogen-bond acceptors (Lipinski definition) is 5. The van der Waals surface area contributed by atoms with Crippen LogP contribution in [0.1, 0.15) is 36.5 Å². The quantitative estimate of drug-likeness (QED) is 0.827. The SMILES string of the molecule is CCC1CNNC1C1CCCN(C(=O)c2cccnc2SC)C1. The van der Waals surface area contributed by atoms with Gasteiger partial charge in [-0.3, -0.25) is 15.6 Å². The molecule has 23 heavy (non-hydrogen) atoms. The van der Waals surface area contributed by atoms with Crippen LogP contribution in [0.2, 0.25) is 0 Å². The summed E-state index contributed by atoms with van der Waals surface area (Å²) in [6.45, 7) is 4.98. The van der Waals surface area contributed by atoms with Crippen LogP contribution in [0.25, 0.3) is 0 Å². The summed E-state index contributed by atoms with van der Waals surface area (Å²) in [4.78, 5) is 19.3. The van der Waals surface area contributed by atoms with Gasteiger partial charge in [0.25, 0.3) is 5.91 Å². The average molecular weight is 334 g/mol. The minimum absolute atomic E-state index is 0.131. The van der Waals surface area contributed by atoms with Gasteiger partial charge in [0, 0.05) is 31.9 Å². The maximum Gasteiger partial charge on any atom is 0.256 e. The van der Waals surface area contributed by atoms with Crippen LogP contribution >= 0.6 is 11.8 Å². The molecule has 0 bridgehead atoms. The van der Waals surface area contributed by atoms with Crippen molar-refractivity contribution in [2.75, 3.05) is 25.9 Å². The Hall–Kier alpha value is -1.11. The number of thioether (sulfide) groups is 1. The van der Waals surface area contributed by atoms with Gasteiger partial charge in [-0.2, -0.15) is 0 Å². The number of piperidine rings is 1. The molecule has 5 nitrogen and oxygen atoms in total. The highest BCUT2D eigenvalue weighted by molar-refractivity contribution is 7.98. The molecule has 6 heteroatoms. The first-order valence-electron chi connectivity index (χ1n) is 8.51. The lowest BCUT2D eigenvalue weighted by Gasteiger charge is -2.37. The number of nitrogens with zero attached hydrogens (tertiary/aromatic N) is 2. The van der Waals surface area contributed by atoms with E-state index in [2.05, 4.69) is 22.8 Å². The molecule has 0 radical (unpaired) electrons.